The molecule has 1 atom stereocenters. The molecule has 30 heavy (non-hydrogen) atoms. The van der Waals surface area contributed by atoms with Crippen LogP contribution in [-0.2, 0) is 22.7 Å². The molecule has 0 saturated heterocycles. The molecule has 1 N–H and O–H groups in total. The number of benzene rings is 2. The Balaban J connectivity index is 2.04. The zero-order valence-corrected chi connectivity index (χ0v) is 16.4. The fourth-order valence-electron chi connectivity index (χ4n) is 3.11. The molecule has 0 bridgehead atoms. The van der Waals surface area contributed by atoms with Gasteiger partial charge < -0.3 is 4.57 Å². The smallest absolute Gasteiger partial charge is 0.327 e. The van der Waals surface area contributed by atoms with Crippen LogP contribution in [0, 0.1) is 17.5 Å². The van der Waals surface area contributed by atoms with Gasteiger partial charge in [0.05, 0.1) is 22.6 Å². The van der Waals surface area contributed by atoms with Crippen LogP contribution in [0.15, 0.2) is 35.2 Å². The molecule has 0 radical (unpaired) electrons. The van der Waals surface area contributed by atoms with Crippen LogP contribution in [0.5, 0.6) is 0 Å². The Kier molecular flexibility index (Phi) is 5.58. The van der Waals surface area contributed by atoms with Gasteiger partial charge >= 0.3 is 6.18 Å². The summed E-state index contributed by atoms with van der Waals surface area (Å²) < 4.78 is 108. The number of fused-ring (bicyclic) bond motifs is 1. The summed E-state index contributed by atoms with van der Waals surface area (Å²) in [5, 5.41) is 0. The highest BCUT2D eigenvalue weighted by Gasteiger charge is 2.32. The quantitative estimate of drug-likeness (QED) is 0.580. The molecule has 0 aliphatic heterocycles. The fourth-order valence-corrected chi connectivity index (χ4v) is 4.43. The largest absolute Gasteiger partial charge is 0.416 e. The molecule has 3 rings (SSSR count). The number of nitrogens with zero attached hydrogens (tertiary/aromatic N) is 2. The lowest BCUT2D eigenvalue weighted by Gasteiger charge is -2.16. The zero-order chi connectivity index (χ0) is 22.4. The van der Waals surface area contributed by atoms with Gasteiger partial charge in [0.25, 0.3) is 0 Å². The molecular weight excluding hydrogens is 436 g/mol. The number of alkyl halides is 3. The zero-order valence-electron chi connectivity index (χ0n) is 15.6. The van der Waals surface area contributed by atoms with E-state index in [2.05, 4.69) is 4.98 Å². The first kappa shape index (κ1) is 22.1. The predicted octanol–water partition coefficient (Wildman–Crippen LogP) is 4.53. The number of hydrogen-bond donors (Lipinski definition) is 1. The SMILES string of the molecule is CCn1c([C@@H](C)NS(=O)(=O)c2c(F)cc(F)cc2F)nc2ccc(C(F)(F)F)cc21. The minimum Gasteiger partial charge on any atom is -0.327 e. The van der Waals surface area contributed by atoms with E-state index in [4.69, 9.17) is 0 Å². The monoisotopic (exact) mass is 451 g/mol. The Bertz CT molecular complexity index is 1200. The van der Waals surface area contributed by atoms with Crippen LogP contribution in [0.2, 0.25) is 0 Å². The number of imidazole rings is 1. The number of aromatic nitrogens is 2. The van der Waals surface area contributed by atoms with E-state index in [1.165, 1.54) is 11.5 Å². The van der Waals surface area contributed by atoms with Crippen molar-refractivity contribution in [1.29, 1.82) is 0 Å². The number of aryl methyl sites for hydroxylation is 1. The van der Waals surface area contributed by atoms with E-state index in [0.717, 1.165) is 18.2 Å². The minimum atomic E-state index is -4.78. The maximum atomic E-state index is 13.9. The van der Waals surface area contributed by atoms with E-state index in [1.807, 2.05) is 4.72 Å². The molecule has 1 aromatic heterocycles. The van der Waals surface area contributed by atoms with Gasteiger partial charge in [-0.1, -0.05) is 0 Å². The molecule has 0 fully saturated rings. The maximum Gasteiger partial charge on any atom is 0.416 e. The Hall–Kier alpha value is -2.60. The number of halogens is 6. The third kappa shape index (κ3) is 4.01. The lowest BCUT2D eigenvalue weighted by Crippen LogP contribution is -2.30. The van der Waals surface area contributed by atoms with Gasteiger partial charge in [0.2, 0.25) is 10.0 Å². The van der Waals surface area contributed by atoms with E-state index in [0.29, 0.717) is 0 Å². The summed E-state index contributed by atoms with van der Waals surface area (Å²) in [6.07, 6.45) is -4.58. The van der Waals surface area contributed by atoms with Crippen LogP contribution in [0.3, 0.4) is 0 Å². The third-order valence-corrected chi connectivity index (χ3v) is 5.96. The average Bonchev–Trinajstić information content (AvgIpc) is 2.97. The highest BCUT2D eigenvalue weighted by Crippen LogP contribution is 2.32. The van der Waals surface area contributed by atoms with Gasteiger partial charge in [-0.15, -0.1) is 0 Å². The molecule has 12 heteroatoms. The van der Waals surface area contributed by atoms with Crippen molar-refractivity contribution in [3.8, 4) is 0 Å². The molecule has 2 aromatic carbocycles. The lowest BCUT2D eigenvalue weighted by atomic mass is 10.2. The Morgan fingerprint density at radius 1 is 1.10 bits per heavy atom. The number of hydrogen-bond acceptors (Lipinski definition) is 3. The van der Waals surface area contributed by atoms with Crippen LogP contribution < -0.4 is 4.72 Å². The van der Waals surface area contributed by atoms with E-state index < -0.39 is 50.2 Å². The highest BCUT2D eigenvalue weighted by atomic mass is 32.2. The second-order valence-corrected chi connectivity index (χ2v) is 8.11. The van der Waals surface area contributed by atoms with Crippen molar-refractivity contribution in [2.75, 3.05) is 0 Å². The van der Waals surface area contributed by atoms with Crippen LogP contribution in [0.4, 0.5) is 26.3 Å². The van der Waals surface area contributed by atoms with Crippen LogP contribution in [0.25, 0.3) is 11.0 Å². The topological polar surface area (TPSA) is 64.0 Å². The average molecular weight is 451 g/mol. The van der Waals surface area contributed by atoms with E-state index in [-0.39, 0.29) is 35.5 Å². The molecule has 0 aliphatic carbocycles. The lowest BCUT2D eigenvalue weighted by molar-refractivity contribution is -0.137. The van der Waals surface area contributed by atoms with Crippen molar-refractivity contribution < 1.29 is 34.8 Å². The molecule has 1 heterocycles. The standard InChI is InChI=1S/C18H15F6N3O2S/c1-3-27-15-6-10(18(22,23)24)4-5-14(15)25-17(27)9(2)26-30(28,29)16-12(20)7-11(19)8-13(16)21/h4-9,26H,3H2,1-2H3/t9-/m1/s1. The van der Waals surface area contributed by atoms with E-state index in [1.54, 1.807) is 6.92 Å². The normalized spacial score (nSPS) is 13.7. The summed E-state index contributed by atoms with van der Waals surface area (Å²) in [6, 6.07) is 2.16. The molecule has 162 valence electrons. The summed E-state index contributed by atoms with van der Waals surface area (Å²) >= 11 is 0. The maximum absolute atomic E-state index is 13.9. The Morgan fingerprint density at radius 3 is 2.23 bits per heavy atom. The molecule has 0 unspecified atom stereocenters. The summed E-state index contributed by atoms with van der Waals surface area (Å²) in [7, 11) is -4.78. The first-order valence-electron chi connectivity index (χ1n) is 8.59. The molecule has 3 aromatic rings. The van der Waals surface area contributed by atoms with Crippen LogP contribution in [-0.4, -0.2) is 18.0 Å². The van der Waals surface area contributed by atoms with Gasteiger partial charge in [0, 0.05) is 18.7 Å². The number of rotatable bonds is 5. The van der Waals surface area contributed by atoms with Gasteiger partial charge in [-0.2, -0.15) is 13.2 Å². The summed E-state index contributed by atoms with van der Waals surface area (Å²) in [5.41, 5.74) is -0.600. The van der Waals surface area contributed by atoms with Gasteiger partial charge in [0.1, 0.15) is 23.3 Å². The summed E-state index contributed by atoms with van der Waals surface area (Å²) in [6.45, 7) is 3.08. The molecule has 0 aliphatic rings. The van der Waals surface area contributed by atoms with E-state index >= 15 is 0 Å². The third-order valence-electron chi connectivity index (χ3n) is 4.37. The first-order chi connectivity index (χ1) is 13.8. The van der Waals surface area contributed by atoms with Gasteiger partial charge in [0.15, 0.2) is 4.90 Å². The molecular formula is C18H15F6N3O2S. The van der Waals surface area contributed by atoms with Gasteiger partial charge in [-0.05, 0) is 32.0 Å². The second kappa shape index (κ2) is 7.58. The van der Waals surface area contributed by atoms with Crippen LogP contribution >= 0.6 is 0 Å². The van der Waals surface area contributed by atoms with Gasteiger partial charge in [-0.3, -0.25) is 0 Å². The Labute approximate surface area is 167 Å². The van der Waals surface area contributed by atoms with Crippen molar-refractivity contribution in [2.24, 2.45) is 0 Å². The number of nitrogens with one attached hydrogen (secondary N) is 1. The van der Waals surface area contributed by atoms with Crippen molar-refractivity contribution in [1.82, 2.24) is 14.3 Å². The van der Waals surface area contributed by atoms with Crippen molar-refractivity contribution >= 4 is 21.1 Å². The minimum absolute atomic E-state index is 0.0401. The summed E-state index contributed by atoms with van der Waals surface area (Å²) in [5.74, 6) is -4.49. The highest BCUT2D eigenvalue weighted by molar-refractivity contribution is 7.89. The molecule has 5 nitrogen and oxygen atoms in total. The van der Waals surface area contributed by atoms with Crippen molar-refractivity contribution in [3.63, 3.8) is 0 Å². The molecule has 0 spiro atoms. The van der Waals surface area contributed by atoms with E-state index in [9.17, 15) is 34.8 Å². The first-order valence-corrected chi connectivity index (χ1v) is 10.1. The van der Waals surface area contributed by atoms with Crippen molar-refractivity contribution in [3.05, 3.63) is 59.2 Å². The summed E-state index contributed by atoms with van der Waals surface area (Å²) in [4.78, 5) is 2.80. The van der Waals surface area contributed by atoms with Crippen LogP contribution in [0.1, 0.15) is 31.3 Å². The Morgan fingerprint density at radius 2 is 1.70 bits per heavy atom. The van der Waals surface area contributed by atoms with Crippen molar-refractivity contribution in [2.45, 2.75) is 37.5 Å². The van der Waals surface area contributed by atoms with Gasteiger partial charge in [-0.25, -0.2) is 31.3 Å². The predicted molar refractivity (Wildman–Crippen MR) is 95.5 cm³/mol. The second-order valence-electron chi connectivity index (χ2n) is 6.46. The molecule has 0 saturated carbocycles. The number of sulfonamides is 1. The molecule has 0 amide bonds. The fraction of sp³-hybridized carbons (Fsp3) is 0.278.